The Balaban J connectivity index is 1.67. The number of hydrogen-bond acceptors (Lipinski definition) is 7. The summed E-state index contributed by atoms with van der Waals surface area (Å²) in [5.74, 6) is 0.0355. The van der Waals surface area contributed by atoms with Crippen LogP contribution in [-0.2, 0) is 10.0 Å². The van der Waals surface area contributed by atoms with Crippen molar-refractivity contribution >= 4 is 33.3 Å². The van der Waals surface area contributed by atoms with Crippen molar-refractivity contribution < 1.29 is 32.6 Å². The van der Waals surface area contributed by atoms with E-state index >= 15 is 0 Å². The lowest BCUT2D eigenvalue weighted by atomic mass is 9.99. The van der Waals surface area contributed by atoms with Gasteiger partial charge >= 0.3 is 6.03 Å². The maximum absolute atomic E-state index is 13.7. The van der Waals surface area contributed by atoms with Crippen LogP contribution in [0.5, 0.6) is 11.5 Å². The molecule has 0 fully saturated rings. The van der Waals surface area contributed by atoms with E-state index < -0.39 is 28.2 Å². The normalized spacial score (nSPS) is 17.7. The Labute approximate surface area is 252 Å². The molecule has 3 amide bonds. The summed E-state index contributed by atoms with van der Waals surface area (Å²) in [6.07, 6.45) is -0.710. The third-order valence-corrected chi connectivity index (χ3v) is 9.29. The number of carbonyl (C=O) groups excluding carboxylic acids is 2. The number of rotatable bonds is 9. The second kappa shape index (κ2) is 13.4. The maximum atomic E-state index is 13.7. The van der Waals surface area contributed by atoms with Crippen LogP contribution >= 0.6 is 0 Å². The van der Waals surface area contributed by atoms with E-state index in [1.807, 2.05) is 13.8 Å². The van der Waals surface area contributed by atoms with Crippen LogP contribution in [0.15, 0.2) is 71.6 Å². The first kappa shape index (κ1) is 31.8. The number of hydrogen-bond donors (Lipinski definition) is 3. The molecule has 3 aromatic carbocycles. The molecule has 0 aromatic heterocycles. The number of nitrogens with zero attached hydrogens (tertiary/aromatic N) is 2. The number of aryl methyl sites for hydroxylation is 1. The van der Waals surface area contributed by atoms with Gasteiger partial charge in [-0.25, -0.2) is 13.2 Å². The van der Waals surface area contributed by atoms with Gasteiger partial charge in [-0.05, 0) is 62.4 Å². The number of methoxy groups -OCH3 is 1. The first-order valence-corrected chi connectivity index (χ1v) is 15.3. The molecule has 0 saturated heterocycles. The third kappa shape index (κ3) is 7.27. The summed E-state index contributed by atoms with van der Waals surface area (Å²) in [4.78, 5) is 28.4. The van der Waals surface area contributed by atoms with Crippen LogP contribution < -0.4 is 20.1 Å². The number of urea groups is 1. The number of likely N-dealkylation sites (N-methyl/N-ethyl adjacent to an activating group) is 1. The van der Waals surface area contributed by atoms with Crippen LogP contribution in [-0.4, -0.2) is 80.7 Å². The number of benzene rings is 3. The molecule has 4 rings (SSSR count). The summed E-state index contributed by atoms with van der Waals surface area (Å²) in [7, 11) is -0.816. The van der Waals surface area contributed by atoms with Crippen LogP contribution in [0.4, 0.5) is 16.2 Å². The highest BCUT2D eigenvalue weighted by Gasteiger charge is 2.36. The molecular weight excluding hydrogens is 572 g/mol. The summed E-state index contributed by atoms with van der Waals surface area (Å²) in [6, 6.07) is 17.1. The number of anilines is 2. The molecule has 0 saturated carbocycles. The lowest BCUT2D eigenvalue weighted by molar-refractivity contribution is 0.0389. The van der Waals surface area contributed by atoms with E-state index in [9.17, 15) is 23.1 Å². The Morgan fingerprint density at radius 3 is 2.42 bits per heavy atom. The molecule has 43 heavy (non-hydrogen) atoms. The average molecular weight is 611 g/mol. The Hall–Kier alpha value is -4.13. The van der Waals surface area contributed by atoms with Gasteiger partial charge in [-0.15, -0.1) is 0 Å². The monoisotopic (exact) mass is 610 g/mol. The molecule has 0 spiro atoms. The lowest BCUT2D eigenvalue weighted by Crippen LogP contribution is -2.50. The fraction of sp³-hybridized carbons (Fsp3) is 0.355. The SMILES string of the molecule is COc1ccc(NC(=O)Nc2cccc3c2O[C@@H](CN(C)S(=O)(=O)c2ccc(C)cc2)[C@@H](C)CN([C@H](C)CO)C3=O)cc1. The van der Waals surface area contributed by atoms with Crippen molar-refractivity contribution in [1.82, 2.24) is 9.21 Å². The molecule has 3 N–H and O–H groups in total. The molecule has 11 nitrogen and oxygen atoms in total. The molecule has 1 aliphatic rings. The van der Waals surface area contributed by atoms with E-state index in [0.717, 1.165) is 5.56 Å². The highest BCUT2D eigenvalue weighted by molar-refractivity contribution is 7.89. The van der Waals surface area contributed by atoms with Crippen molar-refractivity contribution in [2.75, 3.05) is 44.5 Å². The smallest absolute Gasteiger partial charge is 0.323 e. The number of aliphatic hydroxyl groups is 1. The predicted octanol–water partition coefficient (Wildman–Crippen LogP) is 4.19. The van der Waals surface area contributed by atoms with Gasteiger partial charge in [0, 0.05) is 25.2 Å². The summed E-state index contributed by atoms with van der Waals surface area (Å²) in [6.45, 7) is 5.41. The van der Waals surface area contributed by atoms with E-state index in [1.54, 1.807) is 85.7 Å². The van der Waals surface area contributed by atoms with Gasteiger partial charge in [0.2, 0.25) is 10.0 Å². The first-order valence-electron chi connectivity index (χ1n) is 13.9. The highest BCUT2D eigenvalue weighted by atomic mass is 32.2. The Morgan fingerprint density at radius 1 is 1.12 bits per heavy atom. The van der Waals surface area contributed by atoms with E-state index in [0.29, 0.717) is 11.4 Å². The molecule has 3 aromatic rings. The van der Waals surface area contributed by atoms with Gasteiger partial charge in [0.25, 0.3) is 5.91 Å². The second-order valence-electron chi connectivity index (χ2n) is 10.7. The van der Waals surface area contributed by atoms with E-state index in [4.69, 9.17) is 9.47 Å². The van der Waals surface area contributed by atoms with Gasteiger partial charge in [-0.2, -0.15) is 4.31 Å². The fourth-order valence-corrected chi connectivity index (χ4v) is 5.94. The quantitative estimate of drug-likeness (QED) is 0.330. The van der Waals surface area contributed by atoms with Crippen LogP contribution in [0.1, 0.15) is 29.8 Å². The zero-order valence-corrected chi connectivity index (χ0v) is 25.7. The van der Waals surface area contributed by atoms with Crippen LogP contribution in [0.3, 0.4) is 0 Å². The second-order valence-corrected chi connectivity index (χ2v) is 12.8. The molecule has 1 aliphatic heterocycles. The van der Waals surface area contributed by atoms with Gasteiger partial charge < -0.3 is 30.1 Å². The van der Waals surface area contributed by atoms with Gasteiger partial charge in [0.15, 0.2) is 5.75 Å². The molecule has 0 bridgehead atoms. The number of sulfonamides is 1. The highest BCUT2D eigenvalue weighted by Crippen LogP contribution is 2.35. The minimum absolute atomic E-state index is 0.0290. The Morgan fingerprint density at radius 2 is 1.79 bits per heavy atom. The minimum atomic E-state index is -3.85. The van der Waals surface area contributed by atoms with Crippen molar-refractivity contribution in [3.05, 3.63) is 77.9 Å². The molecule has 3 atom stereocenters. The minimum Gasteiger partial charge on any atom is -0.497 e. The van der Waals surface area contributed by atoms with Gasteiger partial charge in [-0.3, -0.25) is 4.79 Å². The zero-order valence-electron chi connectivity index (χ0n) is 24.9. The van der Waals surface area contributed by atoms with Crippen molar-refractivity contribution in [2.24, 2.45) is 5.92 Å². The molecule has 0 aliphatic carbocycles. The lowest BCUT2D eigenvalue weighted by Gasteiger charge is -2.38. The molecular formula is C31H38N4O7S. The largest absolute Gasteiger partial charge is 0.497 e. The molecule has 12 heteroatoms. The number of carbonyl (C=O) groups is 2. The fourth-order valence-electron chi connectivity index (χ4n) is 4.76. The Kier molecular flexibility index (Phi) is 9.95. The third-order valence-electron chi connectivity index (χ3n) is 7.45. The zero-order chi connectivity index (χ0) is 31.3. The summed E-state index contributed by atoms with van der Waals surface area (Å²) in [5, 5.41) is 15.4. The summed E-state index contributed by atoms with van der Waals surface area (Å²) < 4.78 is 39.7. The standard InChI is InChI=1S/C31H38N4O7S/c1-20-9-15-25(16-10-20)43(39,40)34(4)18-28-21(2)17-35(22(3)19-36)30(37)26-7-6-8-27(29(26)42-28)33-31(38)32-23-11-13-24(41-5)14-12-23/h6-16,21-22,28,36H,17-19H2,1-5H3,(H2,32,33,38)/t21-,22+,28-/m0/s1. The van der Waals surface area contributed by atoms with Crippen molar-refractivity contribution in [2.45, 2.75) is 37.8 Å². The van der Waals surface area contributed by atoms with E-state index in [1.165, 1.54) is 11.4 Å². The number of fused-ring (bicyclic) bond motifs is 1. The van der Waals surface area contributed by atoms with Crippen molar-refractivity contribution in [3.63, 3.8) is 0 Å². The summed E-state index contributed by atoms with van der Waals surface area (Å²) in [5.41, 5.74) is 1.88. The number of para-hydroxylation sites is 1. The van der Waals surface area contributed by atoms with E-state index in [-0.39, 0.29) is 53.4 Å². The van der Waals surface area contributed by atoms with Gasteiger partial charge in [0.05, 0.1) is 42.4 Å². The van der Waals surface area contributed by atoms with Gasteiger partial charge in [-0.1, -0.05) is 30.7 Å². The maximum Gasteiger partial charge on any atom is 0.323 e. The first-order chi connectivity index (χ1) is 20.4. The predicted molar refractivity (Wildman–Crippen MR) is 164 cm³/mol. The molecule has 230 valence electrons. The number of amides is 3. The Bertz CT molecular complexity index is 1550. The molecule has 0 radical (unpaired) electrons. The number of aliphatic hydroxyl groups excluding tert-OH is 1. The molecule has 0 unspecified atom stereocenters. The van der Waals surface area contributed by atoms with Crippen LogP contribution in [0, 0.1) is 12.8 Å². The van der Waals surface area contributed by atoms with Crippen molar-refractivity contribution in [3.8, 4) is 11.5 Å². The molecule has 1 heterocycles. The summed E-state index contributed by atoms with van der Waals surface area (Å²) >= 11 is 0. The van der Waals surface area contributed by atoms with Gasteiger partial charge in [0.1, 0.15) is 11.9 Å². The van der Waals surface area contributed by atoms with Crippen LogP contribution in [0.2, 0.25) is 0 Å². The van der Waals surface area contributed by atoms with E-state index in [2.05, 4.69) is 10.6 Å². The van der Waals surface area contributed by atoms with Crippen LogP contribution in [0.25, 0.3) is 0 Å². The number of nitrogens with one attached hydrogen (secondary N) is 2. The van der Waals surface area contributed by atoms with Crippen molar-refractivity contribution in [1.29, 1.82) is 0 Å². The average Bonchev–Trinajstić information content (AvgIpc) is 2.99. The number of ether oxygens (including phenoxy) is 2. The topological polar surface area (TPSA) is 138 Å².